The Morgan fingerprint density at radius 2 is 2.18 bits per heavy atom. The quantitative estimate of drug-likeness (QED) is 0.816. The van der Waals surface area contributed by atoms with Crippen LogP contribution in [0.4, 0.5) is 0 Å². The summed E-state index contributed by atoms with van der Waals surface area (Å²) in [6.45, 7) is 2.25. The Balaban J connectivity index is 2.06. The van der Waals surface area contributed by atoms with Crippen LogP contribution >= 0.6 is 22.6 Å². The molecule has 0 spiro atoms. The summed E-state index contributed by atoms with van der Waals surface area (Å²) in [5.41, 5.74) is 6.29. The van der Waals surface area contributed by atoms with E-state index in [0.29, 0.717) is 26.2 Å². The summed E-state index contributed by atoms with van der Waals surface area (Å²) in [6.07, 6.45) is -0.0310. The summed E-state index contributed by atoms with van der Waals surface area (Å²) in [6, 6.07) is 7.59. The third kappa shape index (κ3) is 3.17. The van der Waals surface area contributed by atoms with Gasteiger partial charge in [0.15, 0.2) is 0 Å². The molecule has 5 heteroatoms. The van der Waals surface area contributed by atoms with Crippen LogP contribution in [0.25, 0.3) is 0 Å². The number of amides is 1. The third-order valence-corrected chi connectivity index (χ3v) is 3.50. The van der Waals surface area contributed by atoms with Crippen LogP contribution in [-0.4, -0.2) is 43.2 Å². The first kappa shape index (κ1) is 12.8. The lowest BCUT2D eigenvalue weighted by Crippen LogP contribution is -2.48. The molecule has 0 unspecified atom stereocenters. The summed E-state index contributed by atoms with van der Waals surface area (Å²) in [5.74, 6) is 0.0585. The van der Waals surface area contributed by atoms with Crippen LogP contribution in [0.5, 0.6) is 0 Å². The number of benzene rings is 1. The zero-order chi connectivity index (χ0) is 12.3. The van der Waals surface area contributed by atoms with Crippen LogP contribution in [-0.2, 0) is 4.74 Å². The first-order valence-electron chi connectivity index (χ1n) is 5.57. The van der Waals surface area contributed by atoms with E-state index in [0.717, 1.165) is 9.13 Å². The second-order valence-corrected chi connectivity index (χ2v) is 5.23. The molecule has 0 aromatic heterocycles. The van der Waals surface area contributed by atoms with E-state index >= 15 is 0 Å². The molecule has 0 saturated carbocycles. The lowest BCUT2D eigenvalue weighted by molar-refractivity contribution is -0.0167. The van der Waals surface area contributed by atoms with E-state index in [9.17, 15) is 4.79 Å². The number of rotatable bonds is 2. The molecule has 92 valence electrons. The third-order valence-electron chi connectivity index (χ3n) is 2.78. The summed E-state index contributed by atoms with van der Waals surface area (Å²) < 4.78 is 6.57. The fraction of sp³-hybridized carbons (Fsp3) is 0.417. The van der Waals surface area contributed by atoms with Gasteiger partial charge in [-0.2, -0.15) is 0 Å². The van der Waals surface area contributed by atoms with Crippen molar-refractivity contribution in [1.29, 1.82) is 0 Å². The molecule has 4 nitrogen and oxygen atoms in total. The molecular formula is C12H15IN2O2. The van der Waals surface area contributed by atoms with Gasteiger partial charge in [-0.05, 0) is 46.9 Å². The lowest BCUT2D eigenvalue weighted by Gasteiger charge is -2.32. The Morgan fingerprint density at radius 3 is 2.82 bits per heavy atom. The smallest absolute Gasteiger partial charge is 0.254 e. The van der Waals surface area contributed by atoms with E-state index in [1.54, 1.807) is 0 Å². The van der Waals surface area contributed by atoms with E-state index in [2.05, 4.69) is 22.6 Å². The molecule has 1 aromatic rings. The molecule has 1 aliphatic rings. The predicted molar refractivity (Wildman–Crippen MR) is 73.9 cm³/mol. The molecule has 1 atom stereocenters. The fourth-order valence-corrected chi connectivity index (χ4v) is 2.18. The van der Waals surface area contributed by atoms with Crippen molar-refractivity contribution in [3.05, 3.63) is 33.4 Å². The Morgan fingerprint density at radius 1 is 1.47 bits per heavy atom. The van der Waals surface area contributed by atoms with Crippen LogP contribution in [0.1, 0.15) is 10.4 Å². The fourth-order valence-electron chi connectivity index (χ4n) is 1.82. The largest absolute Gasteiger partial charge is 0.373 e. The van der Waals surface area contributed by atoms with E-state index in [1.807, 2.05) is 29.2 Å². The Bertz CT molecular complexity index is 394. The molecule has 0 aliphatic carbocycles. The molecule has 1 saturated heterocycles. The molecule has 2 rings (SSSR count). The van der Waals surface area contributed by atoms with Gasteiger partial charge in [-0.15, -0.1) is 0 Å². The Kier molecular flexibility index (Phi) is 4.36. The highest BCUT2D eigenvalue weighted by Crippen LogP contribution is 2.12. The maximum Gasteiger partial charge on any atom is 0.254 e. The van der Waals surface area contributed by atoms with E-state index in [1.165, 1.54) is 0 Å². The first-order valence-corrected chi connectivity index (χ1v) is 6.65. The number of nitrogens with two attached hydrogens (primary N) is 1. The minimum absolute atomic E-state index is 0.0310. The monoisotopic (exact) mass is 346 g/mol. The molecule has 17 heavy (non-hydrogen) atoms. The Hall–Kier alpha value is -0.660. The highest BCUT2D eigenvalue weighted by molar-refractivity contribution is 14.1. The van der Waals surface area contributed by atoms with Gasteiger partial charge < -0.3 is 15.4 Å². The average molecular weight is 346 g/mol. The van der Waals surface area contributed by atoms with Gasteiger partial charge in [-0.25, -0.2) is 0 Å². The zero-order valence-corrected chi connectivity index (χ0v) is 11.6. The molecular weight excluding hydrogens is 331 g/mol. The maximum absolute atomic E-state index is 12.2. The number of morpholine rings is 1. The minimum atomic E-state index is -0.0310. The van der Waals surface area contributed by atoms with Crippen molar-refractivity contribution in [2.24, 2.45) is 5.73 Å². The molecule has 1 fully saturated rings. The minimum Gasteiger partial charge on any atom is -0.373 e. The highest BCUT2D eigenvalue weighted by Gasteiger charge is 2.23. The normalized spacial score (nSPS) is 20.4. The Labute approximate surface area is 114 Å². The number of carbonyl (C=O) groups is 1. The standard InChI is InChI=1S/C12H15IN2O2/c13-10-3-1-9(2-4-10)12(16)15-5-6-17-11(7-14)8-15/h1-4,11H,5-8,14H2/t11-/m1/s1. The second-order valence-electron chi connectivity index (χ2n) is 3.99. The van der Waals surface area contributed by atoms with Gasteiger partial charge in [0, 0.05) is 28.8 Å². The van der Waals surface area contributed by atoms with Crippen LogP contribution in [0.3, 0.4) is 0 Å². The zero-order valence-electron chi connectivity index (χ0n) is 9.43. The number of hydrogen-bond acceptors (Lipinski definition) is 3. The lowest BCUT2D eigenvalue weighted by atomic mass is 10.1. The first-order chi connectivity index (χ1) is 8.20. The molecule has 1 amide bonds. The van der Waals surface area contributed by atoms with Gasteiger partial charge in [0.05, 0.1) is 12.7 Å². The van der Waals surface area contributed by atoms with E-state index < -0.39 is 0 Å². The van der Waals surface area contributed by atoms with E-state index in [4.69, 9.17) is 10.5 Å². The van der Waals surface area contributed by atoms with Crippen molar-refractivity contribution in [2.75, 3.05) is 26.2 Å². The van der Waals surface area contributed by atoms with Crippen molar-refractivity contribution >= 4 is 28.5 Å². The number of ether oxygens (including phenoxy) is 1. The van der Waals surface area contributed by atoms with Crippen LogP contribution in [0.2, 0.25) is 0 Å². The number of hydrogen-bond donors (Lipinski definition) is 1. The van der Waals surface area contributed by atoms with Crippen molar-refractivity contribution < 1.29 is 9.53 Å². The van der Waals surface area contributed by atoms with Crippen molar-refractivity contribution in [3.8, 4) is 0 Å². The van der Waals surface area contributed by atoms with Crippen molar-refractivity contribution in [2.45, 2.75) is 6.10 Å². The molecule has 0 bridgehead atoms. The van der Waals surface area contributed by atoms with Gasteiger partial charge in [0.1, 0.15) is 0 Å². The average Bonchev–Trinajstić information content (AvgIpc) is 2.39. The second kappa shape index (κ2) is 5.79. The van der Waals surface area contributed by atoms with Crippen molar-refractivity contribution in [1.82, 2.24) is 4.90 Å². The molecule has 0 radical (unpaired) electrons. The van der Waals surface area contributed by atoms with Gasteiger partial charge in [-0.1, -0.05) is 0 Å². The van der Waals surface area contributed by atoms with Crippen LogP contribution in [0.15, 0.2) is 24.3 Å². The predicted octanol–water partition coefficient (Wildman–Crippen LogP) is 1.09. The van der Waals surface area contributed by atoms with Gasteiger partial charge in [-0.3, -0.25) is 4.79 Å². The molecule has 1 aliphatic heterocycles. The maximum atomic E-state index is 12.2. The van der Waals surface area contributed by atoms with E-state index in [-0.39, 0.29) is 12.0 Å². The van der Waals surface area contributed by atoms with Crippen LogP contribution in [0, 0.1) is 3.57 Å². The number of nitrogens with zero attached hydrogens (tertiary/aromatic N) is 1. The van der Waals surface area contributed by atoms with Crippen LogP contribution < -0.4 is 5.73 Å². The van der Waals surface area contributed by atoms with Crippen molar-refractivity contribution in [3.63, 3.8) is 0 Å². The van der Waals surface area contributed by atoms with Gasteiger partial charge in [0.25, 0.3) is 5.91 Å². The number of carbonyl (C=O) groups excluding carboxylic acids is 1. The summed E-state index contributed by atoms with van der Waals surface area (Å²) >= 11 is 2.22. The molecule has 1 heterocycles. The van der Waals surface area contributed by atoms with Gasteiger partial charge in [0.2, 0.25) is 0 Å². The molecule has 1 aromatic carbocycles. The highest BCUT2D eigenvalue weighted by atomic mass is 127. The summed E-state index contributed by atoms with van der Waals surface area (Å²) in [5, 5.41) is 0. The van der Waals surface area contributed by atoms with Gasteiger partial charge >= 0.3 is 0 Å². The summed E-state index contributed by atoms with van der Waals surface area (Å²) in [7, 11) is 0. The number of halogens is 1. The SMILES string of the molecule is NC[C@@H]1CN(C(=O)c2ccc(I)cc2)CCO1. The molecule has 2 N–H and O–H groups in total. The summed E-state index contributed by atoms with van der Waals surface area (Å²) in [4.78, 5) is 14.0. The topological polar surface area (TPSA) is 55.6 Å².